The number of hydrogen-bond acceptors (Lipinski definition) is 2. The lowest BCUT2D eigenvalue weighted by molar-refractivity contribution is 0.242. The molecule has 0 spiro atoms. The molecular weight excluding hydrogens is 152 g/mol. The largest absolute Gasteiger partial charge is 0.396 e. The average molecular weight is 174 g/mol. The van der Waals surface area contributed by atoms with Crippen molar-refractivity contribution in [2.45, 2.75) is 51.4 Å². The third-order valence-corrected chi connectivity index (χ3v) is 2.07. The molecule has 0 aromatic heterocycles. The Kier molecular flexibility index (Phi) is 10.8. The number of aliphatic hydroxyl groups excluding tert-OH is 2. The molecule has 0 heterocycles. The van der Waals surface area contributed by atoms with Crippen molar-refractivity contribution < 1.29 is 10.2 Å². The van der Waals surface area contributed by atoms with Gasteiger partial charge in [-0.05, 0) is 12.8 Å². The van der Waals surface area contributed by atoms with Crippen LogP contribution in [0, 0.1) is 0 Å². The van der Waals surface area contributed by atoms with E-state index in [9.17, 15) is 0 Å². The molecule has 1 saturated carbocycles. The Labute approximate surface area is 75.6 Å². The van der Waals surface area contributed by atoms with Gasteiger partial charge in [-0.15, -0.1) is 0 Å². The first-order valence-electron chi connectivity index (χ1n) is 5.13. The maximum Gasteiger partial charge on any atom is 0.0431 e. The van der Waals surface area contributed by atoms with Crippen LogP contribution in [0.2, 0.25) is 0 Å². The fourth-order valence-corrected chi connectivity index (χ4v) is 1.28. The Morgan fingerprint density at radius 3 is 1.00 bits per heavy atom. The highest BCUT2D eigenvalue weighted by atomic mass is 16.3. The maximum atomic E-state index is 8.09. The van der Waals surface area contributed by atoms with E-state index in [1.165, 1.54) is 38.5 Å². The molecule has 2 N–H and O–H groups in total. The van der Waals surface area contributed by atoms with Gasteiger partial charge >= 0.3 is 0 Å². The van der Waals surface area contributed by atoms with Crippen LogP contribution in [0.25, 0.3) is 0 Å². The highest BCUT2D eigenvalue weighted by Crippen LogP contribution is 2.15. The van der Waals surface area contributed by atoms with Crippen LogP contribution in [0.4, 0.5) is 0 Å². The predicted octanol–water partition coefficient (Wildman–Crippen LogP) is 2.09. The minimum absolute atomic E-state index is 0.195. The second kappa shape index (κ2) is 10.9. The summed E-state index contributed by atoms with van der Waals surface area (Å²) in [4.78, 5) is 0. The van der Waals surface area contributed by atoms with Crippen LogP contribution in [-0.4, -0.2) is 23.4 Å². The highest BCUT2D eigenvalue weighted by Gasteiger charge is 1.95. The third kappa shape index (κ3) is 9.92. The van der Waals surface area contributed by atoms with E-state index in [1.807, 2.05) is 0 Å². The zero-order chi connectivity index (χ0) is 9.07. The lowest BCUT2D eigenvalue weighted by Gasteiger charge is -2.05. The first-order chi connectivity index (χ1) is 5.91. The maximum absolute atomic E-state index is 8.09. The van der Waals surface area contributed by atoms with Crippen molar-refractivity contribution in [2.24, 2.45) is 0 Å². The summed E-state index contributed by atoms with van der Waals surface area (Å²) in [6.45, 7) is 0.390. The molecule has 0 atom stereocenters. The first-order valence-corrected chi connectivity index (χ1v) is 5.13. The molecule has 0 unspecified atom stereocenters. The highest BCUT2D eigenvalue weighted by molar-refractivity contribution is 4.51. The lowest BCUT2D eigenvalue weighted by Crippen LogP contribution is -1.85. The van der Waals surface area contributed by atoms with Crippen molar-refractivity contribution in [3.63, 3.8) is 0 Å². The molecule has 74 valence electrons. The standard InChI is InChI=1S/C6H12.C4H10O2/c1-2-4-6-5-3-1;5-3-1-2-4-6/h1-6H2;5-6H,1-4H2. The van der Waals surface area contributed by atoms with Gasteiger partial charge in [0.05, 0.1) is 0 Å². The van der Waals surface area contributed by atoms with Gasteiger partial charge in [0.15, 0.2) is 0 Å². The molecule has 1 rings (SSSR count). The molecule has 1 fully saturated rings. The molecule has 2 nitrogen and oxygen atoms in total. The van der Waals surface area contributed by atoms with E-state index in [1.54, 1.807) is 0 Å². The molecule has 0 aromatic rings. The first kappa shape index (κ1) is 11.9. The molecule has 0 radical (unpaired) electrons. The Morgan fingerprint density at radius 1 is 0.583 bits per heavy atom. The van der Waals surface area contributed by atoms with Crippen LogP contribution < -0.4 is 0 Å². The van der Waals surface area contributed by atoms with Gasteiger partial charge in [0.25, 0.3) is 0 Å². The van der Waals surface area contributed by atoms with Gasteiger partial charge in [0.2, 0.25) is 0 Å². The van der Waals surface area contributed by atoms with Gasteiger partial charge in [0.1, 0.15) is 0 Å². The fraction of sp³-hybridized carbons (Fsp3) is 1.00. The van der Waals surface area contributed by atoms with Crippen molar-refractivity contribution >= 4 is 0 Å². The average Bonchev–Trinajstić information content (AvgIpc) is 2.18. The van der Waals surface area contributed by atoms with Crippen molar-refractivity contribution in [3.05, 3.63) is 0 Å². The monoisotopic (exact) mass is 174 g/mol. The van der Waals surface area contributed by atoms with Crippen molar-refractivity contribution in [3.8, 4) is 0 Å². The van der Waals surface area contributed by atoms with Crippen LogP contribution in [-0.2, 0) is 0 Å². The number of unbranched alkanes of at least 4 members (excludes halogenated alkanes) is 1. The van der Waals surface area contributed by atoms with Gasteiger partial charge in [-0.25, -0.2) is 0 Å². The molecule has 0 amide bonds. The second-order valence-electron chi connectivity index (χ2n) is 3.28. The van der Waals surface area contributed by atoms with E-state index >= 15 is 0 Å². The summed E-state index contributed by atoms with van der Waals surface area (Å²) < 4.78 is 0. The smallest absolute Gasteiger partial charge is 0.0431 e. The van der Waals surface area contributed by atoms with E-state index in [4.69, 9.17) is 10.2 Å². The summed E-state index contributed by atoms with van der Waals surface area (Å²) in [5.74, 6) is 0. The Balaban J connectivity index is 0.000000202. The van der Waals surface area contributed by atoms with Crippen LogP contribution in [0.15, 0.2) is 0 Å². The summed E-state index contributed by atoms with van der Waals surface area (Å²) >= 11 is 0. The Morgan fingerprint density at radius 2 is 0.833 bits per heavy atom. The summed E-state index contributed by atoms with van der Waals surface area (Å²) in [6.07, 6.45) is 10.4. The second-order valence-corrected chi connectivity index (χ2v) is 3.28. The molecule has 1 aliphatic rings. The van der Waals surface area contributed by atoms with E-state index < -0.39 is 0 Å². The number of rotatable bonds is 3. The Bertz CT molecular complexity index is 54.7. The quantitative estimate of drug-likeness (QED) is 0.643. The van der Waals surface area contributed by atoms with E-state index in [0.29, 0.717) is 0 Å². The van der Waals surface area contributed by atoms with Crippen LogP contribution in [0.5, 0.6) is 0 Å². The summed E-state index contributed by atoms with van der Waals surface area (Å²) in [5, 5.41) is 16.2. The van der Waals surface area contributed by atoms with Gasteiger partial charge in [-0.3, -0.25) is 0 Å². The minimum atomic E-state index is 0.195. The molecule has 0 aromatic carbocycles. The van der Waals surface area contributed by atoms with E-state index in [2.05, 4.69) is 0 Å². The van der Waals surface area contributed by atoms with Crippen LogP contribution >= 0.6 is 0 Å². The summed E-state index contributed by atoms with van der Waals surface area (Å²) in [7, 11) is 0. The van der Waals surface area contributed by atoms with Crippen molar-refractivity contribution in [2.75, 3.05) is 13.2 Å². The Hall–Kier alpha value is -0.0800. The van der Waals surface area contributed by atoms with E-state index in [0.717, 1.165) is 12.8 Å². The predicted molar refractivity (Wildman–Crippen MR) is 51.1 cm³/mol. The normalized spacial score (nSPS) is 16.5. The van der Waals surface area contributed by atoms with Gasteiger partial charge in [-0.1, -0.05) is 38.5 Å². The molecule has 12 heavy (non-hydrogen) atoms. The number of aliphatic hydroxyl groups is 2. The number of hydrogen-bond donors (Lipinski definition) is 2. The molecular formula is C10H22O2. The fourth-order valence-electron chi connectivity index (χ4n) is 1.28. The molecule has 0 bridgehead atoms. The third-order valence-electron chi connectivity index (χ3n) is 2.07. The van der Waals surface area contributed by atoms with E-state index in [-0.39, 0.29) is 13.2 Å². The molecule has 0 saturated heterocycles. The van der Waals surface area contributed by atoms with Gasteiger partial charge in [0, 0.05) is 13.2 Å². The molecule has 0 aliphatic heterocycles. The summed E-state index contributed by atoms with van der Waals surface area (Å²) in [6, 6.07) is 0. The topological polar surface area (TPSA) is 40.5 Å². The van der Waals surface area contributed by atoms with Crippen molar-refractivity contribution in [1.29, 1.82) is 0 Å². The molecule has 2 heteroatoms. The minimum Gasteiger partial charge on any atom is -0.396 e. The van der Waals surface area contributed by atoms with Gasteiger partial charge < -0.3 is 10.2 Å². The van der Waals surface area contributed by atoms with Crippen LogP contribution in [0.1, 0.15) is 51.4 Å². The zero-order valence-corrected chi connectivity index (χ0v) is 7.97. The molecule has 1 aliphatic carbocycles. The van der Waals surface area contributed by atoms with Crippen LogP contribution in [0.3, 0.4) is 0 Å². The SMILES string of the molecule is C1CCCCC1.OCCCCO. The van der Waals surface area contributed by atoms with Crippen molar-refractivity contribution in [1.82, 2.24) is 0 Å². The zero-order valence-electron chi connectivity index (χ0n) is 7.97. The van der Waals surface area contributed by atoms with Gasteiger partial charge in [-0.2, -0.15) is 0 Å². The summed E-state index contributed by atoms with van der Waals surface area (Å²) in [5.41, 5.74) is 0. The lowest BCUT2D eigenvalue weighted by atomic mass is 10.0.